The summed E-state index contributed by atoms with van der Waals surface area (Å²) in [4.78, 5) is 18.2. The summed E-state index contributed by atoms with van der Waals surface area (Å²) in [6.45, 7) is 8.10. The topological polar surface area (TPSA) is 32.8 Å². The summed E-state index contributed by atoms with van der Waals surface area (Å²) in [5.74, 6) is 0.0678. The molecule has 4 aromatic rings. The Bertz CT molecular complexity index is 1440. The average Bonchev–Trinajstić information content (AvgIpc) is 3.14. The van der Waals surface area contributed by atoms with Gasteiger partial charge < -0.3 is 4.74 Å². The smallest absolute Gasteiger partial charge is 0.224 e. The first-order valence-electron chi connectivity index (χ1n) is 14.2. The molecule has 1 aliphatic heterocycles. The second-order valence-electron chi connectivity index (χ2n) is 10.9. The Morgan fingerprint density at radius 3 is 1.85 bits per heavy atom. The summed E-state index contributed by atoms with van der Waals surface area (Å²) in [6, 6.07) is 28.7. The van der Waals surface area contributed by atoms with Crippen LogP contribution in [0, 0.1) is 11.6 Å². The normalized spacial score (nSPS) is 14.5. The number of hydrogen-bond acceptors (Lipinski definition) is 4. The molecule has 6 heteroatoms. The van der Waals surface area contributed by atoms with Crippen LogP contribution >= 0.6 is 0 Å². The average molecular weight is 555 g/mol. The number of hydrogen-bond donors (Lipinski definition) is 0. The van der Waals surface area contributed by atoms with Crippen molar-refractivity contribution in [3.63, 3.8) is 0 Å². The summed E-state index contributed by atoms with van der Waals surface area (Å²) >= 11 is 0. The highest BCUT2D eigenvalue weighted by Gasteiger charge is 2.27. The van der Waals surface area contributed by atoms with E-state index in [0.29, 0.717) is 24.5 Å². The summed E-state index contributed by atoms with van der Waals surface area (Å²) < 4.78 is 33.5. The number of rotatable bonds is 9. The predicted molar refractivity (Wildman–Crippen MR) is 159 cm³/mol. The molecule has 1 fully saturated rings. The SMILES string of the molecule is CC(C)c1ccc(CN2CCN(C(c3ccc(F)cc3)c3ccc(F)cc3)CC2)c(=O)c(OCc2ccccc2)c1. The minimum absolute atomic E-state index is 0.0780. The molecule has 1 heterocycles. The van der Waals surface area contributed by atoms with Gasteiger partial charge in [-0.05, 0) is 58.5 Å². The monoisotopic (exact) mass is 554 g/mol. The van der Waals surface area contributed by atoms with Gasteiger partial charge in [-0.25, -0.2) is 8.78 Å². The van der Waals surface area contributed by atoms with Crippen LogP contribution in [0.1, 0.15) is 53.6 Å². The quantitative estimate of drug-likeness (QED) is 0.225. The van der Waals surface area contributed by atoms with Gasteiger partial charge in [0.25, 0.3) is 0 Å². The Hall–Kier alpha value is -3.87. The van der Waals surface area contributed by atoms with Gasteiger partial charge in [-0.1, -0.05) is 80.6 Å². The van der Waals surface area contributed by atoms with Crippen LogP contribution in [0.25, 0.3) is 0 Å². The van der Waals surface area contributed by atoms with E-state index in [1.807, 2.05) is 48.5 Å². The van der Waals surface area contributed by atoms with Crippen molar-refractivity contribution in [3.8, 4) is 5.75 Å². The van der Waals surface area contributed by atoms with E-state index in [4.69, 9.17) is 4.74 Å². The zero-order valence-electron chi connectivity index (χ0n) is 23.6. The minimum Gasteiger partial charge on any atom is -0.485 e. The van der Waals surface area contributed by atoms with Gasteiger partial charge >= 0.3 is 0 Å². The van der Waals surface area contributed by atoms with E-state index in [1.165, 1.54) is 24.3 Å². The molecular weight excluding hydrogens is 518 g/mol. The van der Waals surface area contributed by atoms with Crippen LogP contribution in [0.5, 0.6) is 5.75 Å². The first kappa shape index (κ1) is 28.7. The summed E-state index contributed by atoms with van der Waals surface area (Å²) in [6.07, 6.45) is 0. The molecule has 0 unspecified atom stereocenters. The molecule has 0 aromatic heterocycles. The number of halogens is 2. The molecule has 5 rings (SSSR count). The van der Waals surface area contributed by atoms with E-state index in [2.05, 4.69) is 23.6 Å². The maximum Gasteiger partial charge on any atom is 0.224 e. The fraction of sp³-hybridized carbons (Fsp3) is 0.286. The van der Waals surface area contributed by atoms with Crippen molar-refractivity contribution in [3.05, 3.63) is 147 Å². The van der Waals surface area contributed by atoms with E-state index in [-0.39, 0.29) is 29.0 Å². The second kappa shape index (κ2) is 13.2. The van der Waals surface area contributed by atoms with E-state index in [9.17, 15) is 13.6 Å². The van der Waals surface area contributed by atoms with Crippen LogP contribution in [-0.4, -0.2) is 36.0 Å². The molecular formula is C35H36F2N2O2. The number of benzene rings is 3. The highest BCUT2D eigenvalue weighted by molar-refractivity contribution is 5.35. The third-order valence-corrected chi connectivity index (χ3v) is 7.73. The molecule has 1 aliphatic rings. The molecule has 0 radical (unpaired) electrons. The van der Waals surface area contributed by atoms with Crippen molar-refractivity contribution in [2.75, 3.05) is 26.2 Å². The highest BCUT2D eigenvalue weighted by Crippen LogP contribution is 2.30. The summed E-state index contributed by atoms with van der Waals surface area (Å²) in [5, 5.41) is 0. The fourth-order valence-corrected chi connectivity index (χ4v) is 5.35. The first-order valence-corrected chi connectivity index (χ1v) is 14.2. The first-order chi connectivity index (χ1) is 19.9. The van der Waals surface area contributed by atoms with Crippen LogP contribution in [0.4, 0.5) is 8.78 Å². The van der Waals surface area contributed by atoms with Gasteiger partial charge in [-0.15, -0.1) is 0 Å². The van der Waals surface area contributed by atoms with Crippen LogP contribution in [0.2, 0.25) is 0 Å². The van der Waals surface area contributed by atoms with Gasteiger partial charge in [0.05, 0.1) is 6.04 Å². The molecule has 0 bridgehead atoms. The second-order valence-corrected chi connectivity index (χ2v) is 10.9. The molecule has 41 heavy (non-hydrogen) atoms. The third kappa shape index (κ3) is 7.26. The van der Waals surface area contributed by atoms with Crippen molar-refractivity contribution in [1.29, 1.82) is 0 Å². The van der Waals surface area contributed by atoms with Crippen molar-refractivity contribution in [2.45, 2.75) is 39.0 Å². The Labute approximate surface area is 240 Å². The van der Waals surface area contributed by atoms with E-state index in [0.717, 1.165) is 48.4 Å². The van der Waals surface area contributed by atoms with Crippen LogP contribution in [0.15, 0.2) is 102 Å². The number of piperazine rings is 1. The molecule has 0 N–H and O–H groups in total. The zero-order valence-corrected chi connectivity index (χ0v) is 23.6. The van der Waals surface area contributed by atoms with E-state index < -0.39 is 0 Å². The standard InChI is InChI=1S/C35H36F2N2O2/c1-25(2)29-8-9-30(35(40)33(22-29)41-24-26-6-4-3-5-7-26)23-38-18-20-39(21-19-38)34(27-10-14-31(36)15-11-27)28-12-16-32(37)17-13-28/h3-17,22,25,34H,18-21,23-24H2,1-2H3. The highest BCUT2D eigenvalue weighted by atomic mass is 19.1. The molecule has 212 valence electrons. The van der Waals surface area contributed by atoms with Gasteiger partial charge in [0, 0.05) is 38.3 Å². The molecule has 0 aliphatic carbocycles. The number of ether oxygens (including phenoxy) is 1. The minimum atomic E-state index is -0.284. The number of nitrogens with zero attached hydrogens (tertiary/aromatic N) is 2. The van der Waals surface area contributed by atoms with Crippen LogP contribution in [-0.2, 0) is 13.2 Å². The molecule has 0 spiro atoms. The summed E-state index contributed by atoms with van der Waals surface area (Å²) in [5.41, 5.74) is 4.63. The Morgan fingerprint density at radius 2 is 1.29 bits per heavy atom. The van der Waals surface area contributed by atoms with E-state index >= 15 is 0 Å². The molecule has 1 saturated heterocycles. The predicted octanol–water partition coefficient (Wildman–Crippen LogP) is 6.93. The van der Waals surface area contributed by atoms with Gasteiger partial charge in [0.1, 0.15) is 18.2 Å². The van der Waals surface area contributed by atoms with Crippen molar-refractivity contribution in [2.24, 2.45) is 0 Å². The molecule has 4 nitrogen and oxygen atoms in total. The lowest BCUT2D eigenvalue weighted by Crippen LogP contribution is -2.47. The summed E-state index contributed by atoms with van der Waals surface area (Å²) in [7, 11) is 0. The molecule has 0 amide bonds. The lowest BCUT2D eigenvalue weighted by molar-refractivity contribution is 0.104. The Kier molecular flexibility index (Phi) is 9.22. The third-order valence-electron chi connectivity index (χ3n) is 7.73. The largest absolute Gasteiger partial charge is 0.485 e. The van der Waals surface area contributed by atoms with E-state index in [1.54, 1.807) is 24.3 Å². The van der Waals surface area contributed by atoms with Crippen molar-refractivity contribution < 1.29 is 13.5 Å². The molecule has 0 atom stereocenters. The maximum atomic E-state index is 13.7. The Balaban J connectivity index is 1.33. The van der Waals surface area contributed by atoms with Crippen molar-refractivity contribution >= 4 is 0 Å². The van der Waals surface area contributed by atoms with Crippen LogP contribution < -0.4 is 10.2 Å². The van der Waals surface area contributed by atoms with Gasteiger partial charge in [0.2, 0.25) is 5.43 Å². The van der Waals surface area contributed by atoms with Crippen LogP contribution in [0.3, 0.4) is 0 Å². The lowest BCUT2D eigenvalue weighted by Gasteiger charge is -2.39. The maximum absolute atomic E-state index is 13.7. The lowest BCUT2D eigenvalue weighted by atomic mass is 9.96. The fourth-order valence-electron chi connectivity index (χ4n) is 5.35. The molecule has 4 aromatic carbocycles. The van der Waals surface area contributed by atoms with Gasteiger partial charge in [0.15, 0.2) is 5.75 Å². The molecule has 0 saturated carbocycles. The van der Waals surface area contributed by atoms with Gasteiger partial charge in [-0.3, -0.25) is 14.6 Å². The van der Waals surface area contributed by atoms with Crippen molar-refractivity contribution in [1.82, 2.24) is 9.80 Å². The zero-order chi connectivity index (χ0) is 28.8. The van der Waals surface area contributed by atoms with Gasteiger partial charge in [-0.2, -0.15) is 0 Å². The Morgan fingerprint density at radius 1 is 0.732 bits per heavy atom.